The van der Waals surface area contributed by atoms with Crippen molar-refractivity contribution in [3.8, 4) is 17.2 Å². The quantitative estimate of drug-likeness (QED) is 0.110. The molecule has 1 fully saturated rings. The number of hydrogen-bond acceptors (Lipinski definition) is 8. The van der Waals surface area contributed by atoms with Gasteiger partial charge in [-0.15, -0.1) is 0 Å². The van der Waals surface area contributed by atoms with Crippen LogP contribution in [0.15, 0.2) is 83.9 Å². The summed E-state index contributed by atoms with van der Waals surface area (Å²) in [5.74, 6) is -1.42. The van der Waals surface area contributed by atoms with Crippen molar-refractivity contribution >= 4 is 41.0 Å². The molecule has 3 aromatic carbocycles. The Morgan fingerprint density at radius 1 is 0.978 bits per heavy atom. The van der Waals surface area contributed by atoms with E-state index in [0.29, 0.717) is 27.8 Å². The molecule has 6 rings (SSSR count). The van der Waals surface area contributed by atoms with Crippen molar-refractivity contribution < 1.29 is 23.9 Å². The number of nitriles is 1. The van der Waals surface area contributed by atoms with Crippen molar-refractivity contribution in [2.75, 3.05) is 11.5 Å². The van der Waals surface area contributed by atoms with Gasteiger partial charge < -0.3 is 4.74 Å². The summed E-state index contributed by atoms with van der Waals surface area (Å²) in [6.45, 7) is 3.73. The number of esters is 1. The van der Waals surface area contributed by atoms with E-state index in [-0.39, 0.29) is 23.7 Å². The van der Waals surface area contributed by atoms with E-state index in [0.717, 1.165) is 46.3 Å². The van der Waals surface area contributed by atoms with Crippen LogP contribution in [0.1, 0.15) is 63.4 Å². The van der Waals surface area contributed by atoms with E-state index < -0.39 is 23.7 Å². The van der Waals surface area contributed by atoms with Crippen LogP contribution in [0.3, 0.4) is 0 Å². The van der Waals surface area contributed by atoms with E-state index in [1.807, 2.05) is 30.3 Å². The molecular weight excluding hydrogens is 586 g/mol. The Bertz CT molecular complexity index is 1890. The molecule has 8 nitrogen and oxygen atoms in total. The molecule has 0 spiro atoms. The van der Waals surface area contributed by atoms with Gasteiger partial charge in [-0.25, -0.2) is 14.7 Å². The molecule has 0 bridgehead atoms. The van der Waals surface area contributed by atoms with Crippen LogP contribution in [0.25, 0.3) is 11.1 Å². The van der Waals surface area contributed by atoms with Crippen molar-refractivity contribution in [2.24, 2.45) is 5.92 Å². The van der Waals surface area contributed by atoms with Crippen LogP contribution < -0.4 is 4.90 Å². The van der Waals surface area contributed by atoms with Gasteiger partial charge in [-0.1, -0.05) is 62.0 Å². The van der Waals surface area contributed by atoms with Gasteiger partial charge in [0.25, 0.3) is 0 Å². The maximum Gasteiger partial charge on any atom is 0.338 e. The van der Waals surface area contributed by atoms with Gasteiger partial charge >= 0.3 is 5.97 Å². The van der Waals surface area contributed by atoms with Crippen LogP contribution in [-0.2, 0) is 27.2 Å². The van der Waals surface area contributed by atoms with Crippen LogP contribution in [0, 0.1) is 17.2 Å². The first-order valence-corrected chi connectivity index (χ1v) is 15.5. The third-order valence-corrected chi connectivity index (χ3v) is 9.01. The first-order valence-electron chi connectivity index (χ1n) is 14.7. The van der Waals surface area contributed by atoms with Gasteiger partial charge in [-0.3, -0.25) is 14.4 Å². The molecule has 9 heteroatoms. The fourth-order valence-electron chi connectivity index (χ4n) is 5.65. The molecule has 2 aliphatic rings. The highest BCUT2D eigenvalue weighted by Gasteiger charge is 2.41. The molecule has 45 heavy (non-hydrogen) atoms. The lowest BCUT2D eigenvalue weighted by atomic mass is 10.0. The van der Waals surface area contributed by atoms with Gasteiger partial charge in [0, 0.05) is 17.7 Å². The van der Waals surface area contributed by atoms with Crippen molar-refractivity contribution in [1.82, 2.24) is 4.98 Å². The monoisotopic (exact) mass is 615 g/mol. The number of imide groups is 1. The van der Waals surface area contributed by atoms with E-state index in [4.69, 9.17) is 4.74 Å². The first-order chi connectivity index (χ1) is 21.7. The smallest absolute Gasteiger partial charge is 0.338 e. The average Bonchev–Trinajstić information content (AvgIpc) is 3.54. The topological polar surface area (TPSA) is 117 Å². The van der Waals surface area contributed by atoms with Gasteiger partial charge in [0.05, 0.1) is 22.1 Å². The Kier molecular flexibility index (Phi) is 8.33. The molecule has 2 heterocycles. The molecule has 0 saturated carbocycles. The number of benzene rings is 3. The third-order valence-electron chi connectivity index (χ3n) is 7.83. The van der Waals surface area contributed by atoms with E-state index in [2.05, 4.69) is 37.0 Å². The highest BCUT2D eigenvalue weighted by Crippen LogP contribution is 2.37. The summed E-state index contributed by atoms with van der Waals surface area (Å²) in [6, 6.07) is 25.2. The van der Waals surface area contributed by atoms with Gasteiger partial charge in [0.1, 0.15) is 11.1 Å². The summed E-state index contributed by atoms with van der Waals surface area (Å²) < 4.78 is 5.30. The highest BCUT2D eigenvalue weighted by molar-refractivity contribution is 8.00. The summed E-state index contributed by atoms with van der Waals surface area (Å²) in [5.41, 5.74) is 6.73. The molecule has 1 aromatic heterocycles. The molecule has 0 N–H and O–H groups in total. The van der Waals surface area contributed by atoms with E-state index in [9.17, 15) is 24.4 Å². The van der Waals surface area contributed by atoms with Crippen LogP contribution in [0.4, 0.5) is 5.69 Å². The molecule has 1 aliphatic heterocycles. The predicted molar refractivity (Wildman–Crippen MR) is 170 cm³/mol. The van der Waals surface area contributed by atoms with Crippen LogP contribution in [0.5, 0.6) is 0 Å². The largest absolute Gasteiger partial charge is 0.454 e. The van der Waals surface area contributed by atoms with Crippen molar-refractivity contribution in [3.05, 3.63) is 112 Å². The zero-order chi connectivity index (χ0) is 31.7. The molecular formula is C36H29N3O5S. The zero-order valence-electron chi connectivity index (χ0n) is 24.8. The Hall–Kier alpha value is -5.07. The molecule has 1 atom stereocenters. The molecule has 4 aromatic rings. The van der Waals surface area contributed by atoms with Gasteiger partial charge in [0.15, 0.2) is 12.4 Å². The predicted octanol–water partition coefficient (Wildman–Crippen LogP) is 6.19. The normalized spacial score (nSPS) is 15.2. The SMILES string of the molecule is CC(C)Cc1ccc(C#N)c(SC2CC(=O)N(c3ccc(C(=O)OCC(=O)c4ccc5c(c4)Cc4ccccc4-5)cc3)C2=O)n1. The fraction of sp³-hybridized carbons (Fsp3) is 0.222. The maximum atomic E-state index is 13.3. The minimum absolute atomic E-state index is 0.0366. The van der Waals surface area contributed by atoms with Crippen LogP contribution in [0.2, 0.25) is 0 Å². The lowest BCUT2D eigenvalue weighted by molar-refractivity contribution is -0.121. The van der Waals surface area contributed by atoms with Gasteiger partial charge in [-0.05, 0) is 83.5 Å². The van der Waals surface area contributed by atoms with Gasteiger partial charge in [0.2, 0.25) is 11.8 Å². The molecule has 1 unspecified atom stereocenters. The number of fused-ring (bicyclic) bond motifs is 3. The second-order valence-corrected chi connectivity index (χ2v) is 12.7. The molecule has 1 saturated heterocycles. The van der Waals surface area contributed by atoms with E-state index in [1.54, 1.807) is 12.1 Å². The van der Waals surface area contributed by atoms with Crippen molar-refractivity contribution in [3.63, 3.8) is 0 Å². The van der Waals surface area contributed by atoms with Crippen molar-refractivity contribution in [1.29, 1.82) is 5.26 Å². The number of anilines is 1. The third kappa shape index (κ3) is 6.15. The summed E-state index contributed by atoms with van der Waals surface area (Å²) in [7, 11) is 0. The van der Waals surface area contributed by atoms with Crippen LogP contribution in [-0.4, -0.2) is 40.4 Å². The number of rotatable bonds is 9. The second-order valence-electron chi connectivity index (χ2n) is 11.5. The minimum atomic E-state index is -0.726. The Morgan fingerprint density at radius 2 is 1.71 bits per heavy atom. The summed E-state index contributed by atoms with van der Waals surface area (Å²) in [5, 5.41) is 9.26. The number of nitrogens with zero attached hydrogens (tertiary/aromatic N) is 3. The fourth-order valence-corrected chi connectivity index (χ4v) is 6.76. The number of carbonyl (C=O) groups is 4. The number of aromatic nitrogens is 1. The molecule has 0 radical (unpaired) electrons. The number of Topliss-reactive ketones (excluding diaryl/α,β-unsaturated/α-hetero) is 1. The summed E-state index contributed by atoms with van der Waals surface area (Å²) in [4.78, 5) is 57.4. The number of amides is 2. The first kappa shape index (κ1) is 30.0. The average molecular weight is 616 g/mol. The lowest BCUT2D eigenvalue weighted by Gasteiger charge is -2.15. The molecule has 224 valence electrons. The minimum Gasteiger partial charge on any atom is -0.454 e. The Balaban J connectivity index is 1.08. The summed E-state index contributed by atoms with van der Waals surface area (Å²) in [6.07, 6.45) is 1.45. The van der Waals surface area contributed by atoms with E-state index >= 15 is 0 Å². The Labute approximate surface area is 265 Å². The number of pyridine rings is 1. The zero-order valence-corrected chi connectivity index (χ0v) is 25.6. The number of thioether (sulfide) groups is 1. The summed E-state index contributed by atoms with van der Waals surface area (Å²) >= 11 is 1.12. The second kappa shape index (κ2) is 12.5. The number of ketones is 1. The maximum absolute atomic E-state index is 13.3. The Morgan fingerprint density at radius 3 is 2.47 bits per heavy atom. The highest BCUT2D eigenvalue weighted by atomic mass is 32.2. The molecule has 2 amide bonds. The standard InChI is InChI=1S/C36H29N3O5S/c1-21(2)15-27-11-7-25(19-37)34(38-27)45-32-18-33(41)39(35(32)42)28-12-8-22(9-13-28)36(43)44-20-31(40)24-10-14-30-26(17-24)16-23-5-3-4-6-29(23)30/h3-14,17,21,32H,15-16,18,20H2,1-2H3. The van der Waals surface area contributed by atoms with Gasteiger partial charge in [-0.2, -0.15) is 5.26 Å². The lowest BCUT2D eigenvalue weighted by Crippen LogP contribution is -2.31. The number of ether oxygens (including phenoxy) is 1. The van der Waals surface area contributed by atoms with Crippen molar-refractivity contribution in [2.45, 2.75) is 43.4 Å². The van der Waals surface area contributed by atoms with E-state index in [1.165, 1.54) is 35.4 Å². The van der Waals surface area contributed by atoms with Crippen LogP contribution >= 0.6 is 11.8 Å². The number of carbonyl (C=O) groups excluding carboxylic acids is 4. The molecule has 1 aliphatic carbocycles. The number of hydrogen-bond donors (Lipinski definition) is 0.